The number of amides is 1. The van der Waals surface area contributed by atoms with Crippen molar-refractivity contribution in [3.63, 3.8) is 0 Å². The van der Waals surface area contributed by atoms with Gasteiger partial charge in [0.1, 0.15) is 9.84 Å². The third kappa shape index (κ3) is 6.35. The number of sulfone groups is 1. The van der Waals surface area contributed by atoms with Gasteiger partial charge < -0.3 is 16.0 Å². The zero-order chi connectivity index (χ0) is 14.5. The van der Waals surface area contributed by atoms with Crippen LogP contribution in [0.15, 0.2) is 0 Å². The van der Waals surface area contributed by atoms with E-state index in [2.05, 4.69) is 17.3 Å². The molecular weight excluding hydrogens is 266 g/mol. The summed E-state index contributed by atoms with van der Waals surface area (Å²) in [6.07, 6.45) is 4.79. The normalized spacial score (nSPS) is 23.0. The van der Waals surface area contributed by atoms with Crippen LogP contribution >= 0.6 is 0 Å². The van der Waals surface area contributed by atoms with Crippen LogP contribution in [0.25, 0.3) is 0 Å². The van der Waals surface area contributed by atoms with Crippen LogP contribution in [0.1, 0.15) is 25.7 Å². The van der Waals surface area contributed by atoms with Crippen molar-refractivity contribution in [1.82, 2.24) is 10.2 Å². The van der Waals surface area contributed by atoms with Crippen LogP contribution < -0.4 is 11.1 Å². The third-order valence-corrected chi connectivity index (χ3v) is 4.55. The van der Waals surface area contributed by atoms with Crippen LogP contribution in [0.3, 0.4) is 0 Å². The summed E-state index contributed by atoms with van der Waals surface area (Å²) in [5.41, 5.74) is 5.68. The first-order chi connectivity index (χ1) is 8.79. The lowest BCUT2D eigenvalue weighted by Gasteiger charge is -2.32. The molecular formula is C12H25N3O3S. The standard InChI is InChI=1S/C12H25N3O3S/c1-15-7-4-3-5-10(15)9-14-12(16)11(13)6-8-19(2,17)18/h10-11H,3-9,13H2,1-2H3,(H,14,16). The first-order valence-electron chi connectivity index (χ1n) is 6.71. The monoisotopic (exact) mass is 291 g/mol. The SMILES string of the molecule is CN1CCCCC1CNC(=O)C(N)CCS(C)(=O)=O. The number of nitrogens with two attached hydrogens (primary N) is 1. The highest BCUT2D eigenvalue weighted by molar-refractivity contribution is 7.90. The fourth-order valence-corrected chi connectivity index (χ4v) is 2.91. The van der Waals surface area contributed by atoms with Crippen LogP contribution in [-0.4, -0.2) is 63.5 Å². The number of carbonyl (C=O) groups excluding carboxylic acids is 1. The predicted molar refractivity (Wildman–Crippen MR) is 75.6 cm³/mol. The van der Waals surface area contributed by atoms with Gasteiger partial charge in [-0.05, 0) is 32.9 Å². The van der Waals surface area contributed by atoms with Crippen LogP contribution in [0, 0.1) is 0 Å². The summed E-state index contributed by atoms with van der Waals surface area (Å²) < 4.78 is 22.0. The molecule has 1 amide bonds. The summed E-state index contributed by atoms with van der Waals surface area (Å²) in [5.74, 6) is -0.312. The largest absolute Gasteiger partial charge is 0.353 e. The molecule has 0 aromatic carbocycles. The number of rotatable bonds is 6. The van der Waals surface area contributed by atoms with Crippen molar-refractivity contribution in [2.45, 2.75) is 37.8 Å². The summed E-state index contributed by atoms with van der Waals surface area (Å²) >= 11 is 0. The van der Waals surface area contributed by atoms with Gasteiger partial charge in [0.05, 0.1) is 11.8 Å². The Labute approximate surface area is 115 Å². The molecule has 0 bridgehead atoms. The summed E-state index contributed by atoms with van der Waals surface area (Å²) in [6.45, 7) is 1.64. The van der Waals surface area contributed by atoms with Gasteiger partial charge in [0.2, 0.25) is 5.91 Å². The minimum atomic E-state index is -3.07. The highest BCUT2D eigenvalue weighted by Gasteiger charge is 2.21. The first kappa shape index (κ1) is 16.4. The Balaban J connectivity index is 2.29. The Bertz CT molecular complexity index is 397. The van der Waals surface area contributed by atoms with E-state index in [1.165, 1.54) is 12.8 Å². The van der Waals surface area contributed by atoms with Crippen molar-refractivity contribution in [1.29, 1.82) is 0 Å². The maximum absolute atomic E-state index is 11.8. The van der Waals surface area contributed by atoms with E-state index in [-0.39, 0.29) is 18.1 Å². The second kappa shape index (κ2) is 7.21. The minimum Gasteiger partial charge on any atom is -0.353 e. The van der Waals surface area contributed by atoms with Crippen molar-refractivity contribution in [3.05, 3.63) is 0 Å². The molecule has 0 aromatic rings. The van der Waals surface area contributed by atoms with E-state index in [1.54, 1.807) is 0 Å². The second-order valence-electron chi connectivity index (χ2n) is 5.40. The van der Waals surface area contributed by atoms with Crippen molar-refractivity contribution < 1.29 is 13.2 Å². The van der Waals surface area contributed by atoms with Gasteiger partial charge in [-0.2, -0.15) is 0 Å². The minimum absolute atomic E-state index is 0.0507. The van der Waals surface area contributed by atoms with E-state index in [0.717, 1.165) is 19.2 Å². The molecule has 6 nitrogen and oxygen atoms in total. The molecule has 0 radical (unpaired) electrons. The number of likely N-dealkylation sites (N-methyl/N-ethyl adjacent to an activating group) is 1. The number of nitrogens with one attached hydrogen (secondary N) is 1. The van der Waals surface area contributed by atoms with Crippen LogP contribution in [0.5, 0.6) is 0 Å². The molecule has 0 aromatic heterocycles. The lowest BCUT2D eigenvalue weighted by molar-refractivity contribution is -0.122. The van der Waals surface area contributed by atoms with Crippen molar-refractivity contribution in [2.75, 3.05) is 32.1 Å². The first-order valence-corrected chi connectivity index (χ1v) is 8.77. The van der Waals surface area contributed by atoms with Gasteiger partial charge in [-0.15, -0.1) is 0 Å². The Morgan fingerprint density at radius 3 is 2.74 bits per heavy atom. The Kier molecular flexibility index (Phi) is 6.22. The number of hydrogen-bond donors (Lipinski definition) is 2. The number of carbonyl (C=O) groups is 1. The molecule has 1 fully saturated rings. The zero-order valence-corrected chi connectivity index (χ0v) is 12.6. The van der Waals surface area contributed by atoms with Crippen LogP contribution in [0.4, 0.5) is 0 Å². The molecule has 112 valence electrons. The maximum Gasteiger partial charge on any atom is 0.237 e. The molecule has 0 spiro atoms. The number of likely N-dealkylation sites (tertiary alicyclic amines) is 1. The molecule has 0 saturated carbocycles. The molecule has 1 rings (SSSR count). The molecule has 2 atom stereocenters. The van der Waals surface area contributed by atoms with Crippen molar-refractivity contribution in [2.24, 2.45) is 5.73 Å². The van der Waals surface area contributed by atoms with Crippen molar-refractivity contribution >= 4 is 15.7 Å². The van der Waals surface area contributed by atoms with E-state index in [1.807, 2.05) is 0 Å². The third-order valence-electron chi connectivity index (χ3n) is 3.57. The zero-order valence-electron chi connectivity index (χ0n) is 11.8. The van der Waals surface area contributed by atoms with E-state index >= 15 is 0 Å². The Morgan fingerprint density at radius 1 is 1.47 bits per heavy atom. The van der Waals surface area contributed by atoms with Gasteiger partial charge in [-0.25, -0.2) is 8.42 Å². The summed E-state index contributed by atoms with van der Waals surface area (Å²) in [5, 5.41) is 2.82. The van der Waals surface area contributed by atoms with Crippen LogP contribution in [-0.2, 0) is 14.6 Å². The molecule has 1 aliphatic rings. The van der Waals surface area contributed by atoms with Gasteiger partial charge in [0.15, 0.2) is 0 Å². The predicted octanol–water partition coefficient (Wildman–Crippen LogP) is -0.651. The highest BCUT2D eigenvalue weighted by atomic mass is 32.2. The molecule has 1 aliphatic heterocycles. The number of hydrogen-bond acceptors (Lipinski definition) is 5. The van der Waals surface area contributed by atoms with Crippen molar-refractivity contribution in [3.8, 4) is 0 Å². The van der Waals surface area contributed by atoms with Gasteiger partial charge in [-0.3, -0.25) is 4.79 Å². The second-order valence-corrected chi connectivity index (χ2v) is 7.66. The molecule has 1 saturated heterocycles. The fourth-order valence-electron chi connectivity index (χ4n) is 2.22. The summed E-state index contributed by atoms with van der Waals surface area (Å²) in [6, 6.07) is -0.386. The smallest absolute Gasteiger partial charge is 0.237 e. The Morgan fingerprint density at radius 2 is 2.16 bits per heavy atom. The van der Waals surface area contributed by atoms with E-state index in [4.69, 9.17) is 5.73 Å². The van der Waals surface area contributed by atoms with E-state index in [0.29, 0.717) is 12.6 Å². The fraction of sp³-hybridized carbons (Fsp3) is 0.917. The molecule has 0 aliphatic carbocycles. The molecule has 19 heavy (non-hydrogen) atoms. The number of nitrogens with zero attached hydrogens (tertiary/aromatic N) is 1. The highest BCUT2D eigenvalue weighted by Crippen LogP contribution is 2.13. The molecule has 1 heterocycles. The number of piperidine rings is 1. The molecule has 7 heteroatoms. The lowest BCUT2D eigenvalue weighted by atomic mass is 10.0. The molecule has 3 N–H and O–H groups in total. The van der Waals surface area contributed by atoms with Gasteiger partial charge >= 0.3 is 0 Å². The van der Waals surface area contributed by atoms with E-state index < -0.39 is 15.9 Å². The Hall–Kier alpha value is -0.660. The quantitative estimate of drug-likeness (QED) is 0.678. The topological polar surface area (TPSA) is 92.5 Å². The lowest BCUT2D eigenvalue weighted by Crippen LogP contribution is -2.48. The molecule has 2 unspecified atom stereocenters. The maximum atomic E-state index is 11.8. The summed E-state index contributed by atoms with van der Waals surface area (Å²) in [7, 11) is -1.01. The van der Waals surface area contributed by atoms with Gasteiger partial charge in [0.25, 0.3) is 0 Å². The average Bonchev–Trinajstić information content (AvgIpc) is 2.33. The van der Waals surface area contributed by atoms with E-state index in [9.17, 15) is 13.2 Å². The average molecular weight is 291 g/mol. The van der Waals surface area contributed by atoms with Gasteiger partial charge in [0, 0.05) is 18.8 Å². The summed E-state index contributed by atoms with van der Waals surface area (Å²) in [4.78, 5) is 14.0. The van der Waals surface area contributed by atoms with Gasteiger partial charge in [-0.1, -0.05) is 6.42 Å². The van der Waals surface area contributed by atoms with Crippen LogP contribution in [0.2, 0.25) is 0 Å².